The van der Waals surface area contributed by atoms with Crippen LogP contribution in [-0.4, -0.2) is 34.7 Å². The first-order valence-electron chi connectivity index (χ1n) is 8.65. The summed E-state index contributed by atoms with van der Waals surface area (Å²) in [5, 5.41) is 3.72. The molecule has 25 heavy (non-hydrogen) atoms. The predicted molar refractivity (Wildman–Crippen MR) is 103 cm³/mol. The fourth-order valence-corrected chi connectivity index (χ4v) is 3.95. The molecular formula is C19H24N4OS. The summed E-state index contributed by atoms with van der Waals surface area (Å²) in [7, 11) is 0. The summed E-state index contributed by atoms with van der Waals surface area (Å²) in [4.78, 5) is 23.1. The van der Waals surface area contributed by atoms with Crippen LogP contribution >= 0.6 is 11.8 Å². The average Bonchev–Trinajstić information content (AvgIpc) is 2.60. The molecule has 0 spiro atoms. The van der Waals surface area contributed by atoms with Gasteiger partial charge < -0.3 is 10.2 Å². The van der Waals surface area contributed by atoms with Crippen LogP contribution in [-0.2, 0) is 4.79 Å². The number of carbonyl (C=O) groups excluding carboxylic acids is 1. The third kappa shape index (κ3) is 5.19. The first-order valence-corrected chi connectivity index (χ1v) is 9.63. The van der Waals surface area contributed by atoms with Gasteiger partial charge in [-0.2, -0.15) is 0 Å². The third-order valence-electron chi connectivity index (χ3n) is 4.23. The first-order chi connectivity index (χ1) is 12.1. The number of para-hydroxylation sites is 1. The van der Waals surface area contributed by atoms with Gasteiger partial charge in [-0.05, 0) is 30.4 Å². The van der Waals surface area contributed by atoms with Crippen LogP contribution in [0.15, 0.2) is 47.8 Å². The highest BCUT2D eigenvalue weighted by molar-refractivity contribution is 7.99. The molecule has 1 aromatic carbocycles. The van der Waals surface area contributed by atoms with E-state index in [2.05, 4.69) is 34.0 Å². The van der Waals surface area contributed by atoms with Crippen molar-refractivity contribution in [3.05, 3.63) is 42.7 Å². The number of anilines is 2. The van der Waals surface area contributed by atoms with Crippen molar-refractivity contribution in [2.45, 2.75) is 25.3 Å². The van der Waals surface area contributed by atoms with Gasteiger partial charge in [0.15, 0.2) is 0 Å². The predicted octanol–water partition coefficient (Wildman–Crippen LogP) is 3.69. The molecule has 1 amide bonds. The highest BCUT2D eigenvalue weighted by Gasteiger charge is 2.23. The number of amides is 1. The second kappa shape index (κ2) is 8.34. The Balaban J connectivity index is 1.57. The molecule has 1 aromatic heterocycles. The van der Waals surface area contributed by atoms with Crippen LogP contribution in [0.2, 0.25) is 0 Å². The Labute approximate surface area is 153 Å². The van der Waals surface area contributed by atoms with E-state index in [9.17, 15) is 4.79 Å². The molecule has 0 saturated carbocycles. The van der Waals surface area contributed by atoms with Gasteiger partial charge in [-0.3, -0.25) is 4.79 Å². The van der Waals surface area contributed by atoms with E-state index in [1.807, 2.05) is 36.4 Å². The summed E-state index contributed by atoms with van der Waals surface area (Å²) < 4.78 is 0. The molecule has 2 atom stereocenters. The number of nitrogens with zero attached hydrogens (tertiary/aromatic N) is 3. The second-order valence-corrected chi connectivity index (χ2v) is 7.76. The van der Waals surface area contributed by atoms with Gasteiger partial charge in [-0.1, -0.05) is 43.8 Å². The minimum Gasteiger partial charge on any atom is -0.356 e. The van der Waals surface area contributed by atoms with E-state index < -0.39 is 0 Å². The minimum absolute atomic E-state index is 0.0309. The lowest BCUT2D eigenvalue weighted by Gasteiger charge is -2.35. The van der Waals surface area contributed by atoms with Gasteiger partial charge >= 0.3 is 0 Å². The number of hydrogen-bond donors (Lipinski definition) is 1. The quantitative estimate of drug-likeness (QED) is 0.654. The van der Waals surface area contributed by atoms with Crippen molar-refractivity contribution in [3.8, 4) is 0 Å². The maximum Gasteiger partial charge on any atom is 0.234 e. The lowest BCUT2D eigenvalue weighted by atomic mass is 9.92. The largest absolute Gasteiger partial charge is 0.356 e. The number of rotatable bonds is 5. The molecule has 1 saturated heterocycles. The Bertz CT molecular complexity index is 700. The molecule has 0 unspecified atom stereocenters. The standard InChI is InChI=1S/C19H24N4OS/c1-14-8-15(2)11-23(10-14)17-9-19(21-13-20-17)25-12-18(24)22-16-6-4-3-5-7-16/h3-7,9,13-15H,8,10-12H2,1-2H3,(H,22,24)/t14-,15-/m1/s1. The lowest BCUT2D eigenvalue weighted by Crippen LogP contribution is -2.39. The van der Waals surface area contributed by atoms with Crippen LogP contribution in [0.3, 0.4) is 0 Å². The van der Waals surface area contributed by atoms with E-state index >= 15 is 0 Å². The Hall–Kier alpha value is -2.08. The first kappa shape index (κ1) is 17.7. The molecule has 0 aliphatic carbocycles. The Morgan fingerprint density at radius 3 is 2.64 bits per heavy atom. The van der Waals surface area contributed by atoms with Crippen LogP contribution in [0, 0.1) is 11.8 Å². The molecule has 2 aromatic rings. The van der Waals surface area contributed by atoms with Crippen LogP contribution in [0.1, 0.15) is 20.3 Å². The molecule has 3 rings (SSSR count). The second-order valence-electron chi connectivity index (χ2n) is 6.77. The van der Waals surface area contributed by atoms with Gasteiger partial charge in [0.25, 0.3) is 0 Å². The van der Waals surface area contributed by atoms with Crippen LogP contribution in [0.4, 0.5) is 11.5 Å². The van der Waals surface area contributed by atoms with Gasteiger partial charge in [0.1, 0.15) is 17.2 Å². The van der Waals surface area contributed by atoms with E-state index in [1.54, 1.807) is 6.33 Å². The van der Waals surface area contributed by atoms with E-state index in [1.165, 1.54) is 18.2 Å². The molecule has 5 nitrogen and oxygen atoms in total. The SMILES string of the molecule is C[C@@H]1C[C@@H](C)CN(c2cc(SCC(=O)Nc3ccccc3)ncn2)C1. The number of carbonyl (C=O) groups is 1. The van der Waals surface area contributed by atoms with Crippen molar-refractivity contribution in [2.24, 2.45) is 11.8 Å². The number of thioether (sulfide) groups is 1. The minimum atomic E-state index is -0.0309. The van der Waals surface area contributed by atoms with E-state index in [0.717, 1.165) is 29.6 Å². The molecular weight excluding hydrogens is 332 g/mol. The number of hydrogen-bond acceptors (Lipinski definition) is 5. The Morgan fingerprint density at radius 2 is 1.92 bits per heavy atom. The highest BCUT2D eigenvalue weighted by Crippen LogP contribution is 2.26. The molecule has 0 radical (unpaired) electrons. The fraction of sp³-hybridized carbons (Fsp3) is 0.421. The zero-order chi connectivity index (χ0) is 17.6. The van der Waals surface area contributed by atoms with Gasteiger partial charge in [-0.15, -0.1) is 0 Å². The molecule has 132 valence electrons. The van der Waals surface area contributed by atoms with Gasteiger partial charge in [0, 0.05) is 24.8 Å². The number of benzene rings is 1. The maximum absolute atomic E-state index is 12.1. The summed E-state index contributed by atoms with van der Waals surface area (Å²) in [5.74, 6) is 2.60. The normalized spacial score (nSPS) is 20.3. The summed E-state index contributed by atoms with van der Waals surface area (Å²) in [5.41, 5.74) is 0.813. The molecule has 1 N–H and O–H groups in total. The fourth-order valence-electron chi connectivity index (χ4n) is 3.29. The lowest BCUT2D eigenvalue weighted by molar-refractivity contribution is -0.113. The number of aromatic nitrogens is 2. The van der Waals surface area contributed by atoms with Gasteiger partial charge in [0.2, 0.25) is 5.91 Å². The molecule has 1 aliphatic rings. The molecule has 2 heterocycles. The van der Waals surface area contributed by atoms with Crippen molar-refractivity contribution in [1.29, 1.82) is 0 Å². The van der Waals surface area contributed by atoms with Crippen LogP contribution < -0.4 is 10.2 Å². The third-order valence-corrected chi connectivity index (χ3v) is 5.15. The van der Waals surface area contributed by atoms with Gasteiger partial charge in [-0.25, -0.2) is 9.97 Å². The van der Waals surface area contributed by atoms with Crippen molar-refractivity contribution in [1.82, 2.24) is 9.97 Å². The van der Waals surface area contributed by atoms with E-state index in [-0.39, 0.29) is 5.91 Å². The summed E-state index contributed by atoms with van der Waals surface area (Å²) in [6.07, 6.45) is 2.86. The summed E-state index contributed by atoms with van der Waals surface area (Å²) in [6, 6.07) is 11.5. The summed E-state index contributed by atoms with van der Waals surface area (Å²) in [6.45, 7) is 6.63. The van der Waals surface area contributed by atoms with Crippen LogP contribution in [0.25, 0.3) is 0 Å². The highest BCUT2D eigenvalue weighted by atomic mass is 32.2. The monoisotopic (exact) mass is 356 g/mol. The topological polar surface area (TPSA) is 58.1 Å². The van der Waals surface area contributed by atoms with Crippen LogP contribution in [0.5, 0.6) is 0 Å². The van der Waals surface area contributed by atoms with Crippen molar-refractivity contribution >= 4 is 29.2 Å². The van der Waals surface area contributed by atoms with E-state index in [4.69, 9.17) is 0 Å². The van der Waals surface area contributed by atoms with Crippen molar-refractivity contribution in [3.63, 3.8) is 0 Å². The van der Waals surface area contributed by atoms with Crippen molar-refractivity contribution in [2.75, 3.05) is 29.1 Å². The zero-order valence-electron chi connectivity index (χ0n) is 14.7. The summed E-state index contributed by atoms with van der Waals surface area (Å²) >= 11 is 1.44. The van der Waals surface area contributed by atoms with Crippen molar-refractivity contribution < 1.29 is 4.79 Å². The molecule has 1 fully saturated rings. The van der Waals surface area contributed by atoms with Gasteiger partial charge in [0.05, 0.1) is 5.75 Å². The zero-order valence-corrected chi connectivity index (χ0v) is 15.5. The molecule has 0 bridgehead atoms. The number of piperidine rings is 1. The number of nitrogens with one attached hydrogen (secondary N) is 1. The smallest absolute Gasteiger partial charge is 0.234 e. The van der Waals surface area contributed by atoms with E-state index in [0.29, 0.717) is 17.6 Å². The molecule has 1 aliphatic heterocycles. The Kier molecular flexibility index (Phi) is 5.91. The Morgan fingerprint density at radius 1 is 1.20 bits per heavy atom. The average molecular weight is 356 g/mol. The molecule has 6 heteroatoms. The maximum atomic E-state index is 12.1.